The summed E-state index contributed by atoms with van der Waals surface area (Å²) in [5.74, 6) is -0.626. The maximum Gasteiger partial charge on any atom is 0.475 e. The van der Waals surface area contributed by atoms with Crippen LogP contribution in [0.1, 0.15) is 19.3 Å². The van der Waals surface area contributed by atoms with E-state index in [9.17, 15) is 9.90 Å². The minimum absolute atomic E-state index is 0.132. The lowest BCUT2D eigenvalue weighted by Crippen LogP contribution is -2.51. The highest BCUT2D eigenvalue weighted by Crippen LogP contribution is 2.21. The SMILES string of the molecule is O=C(C1C[C@@H](O)CN1)N1CCC[C@H]1B(O)O. The number of hydrogen-bond acceptors (Lipinski definition) is 5. The van der Waals surface area contributed by atoms with Crippen LogP contribution >= 0.6 is 0 Å². The third-order valence-corrected chi connectivity index (χ3v) is 3.33. The molecule has 2 aliphatic heterocycles. The Kier molecular flexibility index (Phi) is 3.49. The highest BCUT2D eigenvalue weighted by molar-refractivity contribution is 6.43. The topological polar surface area (TPSA) is 93.0 Å². The fraction of sp³-hybridized carbons (Fsp3) is 0.889. The quantitative estimate of drug-likeness (QED) is 0.399. The van der Waals surface area contributed by atoms with E-state index in [1.165, 1.54) is 4.90 Å². The average molecular weight is 228 g/mol. The first-order valence-corrected chi connectivity index (χ1v) is 5.67. The second kappa shape index (κ2) is 4.71. The molecular weight excluding hydrogens is 211 g/mol. The van der Waals surface area contributed by atoms with Crippen LogP contribution in [0, 0.1) is 0 Å². The minimum Gasteiger partial charge on any atom is -0.426 e. The predicted molar refractivity (Wildman–Crippen MR) is 57.3 cm³/mol. The predicted octanol–water partition coefficient (Wildman–Crippen LogP) is -2.29. The van der Waals surface area contributed by atoms with E-state index >= 15 is 0 Å². The van der Waals surface area contributed by atoms with Gasteiger partial charge in [0, 0.05) is 13.1 Å². The van der Waals surface area contributed by atoms with Gasteiger partial charge in [0.15, 0.2) is 0 Å². The summed E-state index contributed by atoms with van der Waals surface area (Å²) in [4.78, 5) is 13.6. The number of nitrogens with zero attached hydrogens (tertiary/aromatic N) is 1. The molecule has 4 N–H and O–H groups in total. The standard InChI is InChI=1S/C9H17BN2O4/c13-6-4-7(11-5-6)9(14)12-3-1-2-8(12)10(15)16/h6-8,11,13,15-16H,1-5H2/t6-,7?,8+/m1/s1. The Balaban J connectivity index is 1.98. The molecule has 2 aliphatic rings. The second-order valence-electron chi connectivity index (χ2n) is 4.51. The lowest BCUT2D eigenvalue weighted by molar-refractivity contribution is -0.133. The Bertz CT molecular complexity index is 276. The van der Waals surface area contributed by atoms with E-state index in [1.54, 1.807) is 0 Å². The molecule has 0 aromatic carbocycles. The first kappa shape index (κ1) is 11.8. The number of β-amino-alcohol motifs (C(OH)–C–C–N with tert-alkyl or cyclic N) is 1. The molecule has 7 heteroatoms. The molecule has 0 radical (unpaired) electrons. The van der Waals surface area contributed by atoms with Crippen molar-refractivity contribution >= 4 is 13.0 Å². The van der Waals surface area contributed by atoms with Crippen molar-refractivity contribution in [3.8, 4) is 0 Å². The Hall–Kier alpha value is -0.625. The minimum atomic E-state index is -1.47. The van der Waals surface area contributed by atoms with E-state index in [2.05, 4.69) is 5.32 Å². The highest BCUT2D eigenvalue weighted by Gasteiger charge is 2.40. The summed E-state index contributed by atoms with van der Waals surface area (Å²) in [5, 5.41) is 30.6. The van der Waals surface area contributed by atoms with Crippen molar-refractivity contribution in [1.29, 1.82) is 0 Å². The number of rotatable bonds is 2. The van der Waals surface area contributed by atoms with E-state index in [0.29, 0.717) is 25.9 Å². The first-order valence-electron chi connectivity index (χ1n) is 5.67. The summed E-state index contributed by atoms with van der Waals surface area (Å²) in [6.07, 6.45) is 1.35. The van der Waals surface area contributed by atoms with Crippen LogP contribution in [-0.2, 0) is 4.79 Å². The van der Waals surface area contributed by atoms with E-state index in [-0.39, 0.29) is 11.9 Å². The molecular formula is C9H17BN2O4. The van der Waals surface area contributed by atoms with Crippen molar-refractivity contribution in [3.05, 3.63) is 0 Å². The fourth-order valence-electron chi connectivity index (χ4n) is 2.48. The van der Waals surface area contributed by atoms with Crippen LogP contribution in [0.2, 0.25) is 0 Å². The maximum atomic E-state index is 12.0. The molecule has 2 fully saturated rings. The molecule has 6 nitrogen and oxygen atoms in total. The molecule has 0 saturated carbocycles. The van der Waals surface area contributed by atoms with Crippen LogP contribution in [0.25, 0.3) is 0 Å². The van der Waals surface area contributed by atoms with Gasteiger partial charge in [-0.2, -0.15) is 0 Å². The molecule has 90 valence electrons. The fourth-order valence-corrected chi connectivity index (χ4v) is 2.48. The van der Waals surface area contributed by atoms with Crippen molar-refractivity contribution in [2.24, 2.45) is 0 Å². The van der Waals surface area contributed by atoms with Crippen molar-refractivity contribution in [2.45, 2.75) is 37.3 Å². The first-order chi connectivity index (χ1) is 7.59. The van der Waals surface area contributed by atoms with E-state index in [4.69, 9.17) is 10.0 Å². The average Bonchev–Trinajstić information content (AvgIpc) is 2.84. The van der Waals surface area contributed by atoms with Gasteiger partial charge in [0.1, 0.15) is 0 Å². The molecule has 2 saturated heterocycles. The lowest BCUT2D eigenvalue weighted by atomic mass is 9.77. The van der Waals surface area contributed by atoms with Gasteiger partial charge in [0.2, 0.25) is 5.91 Å². The molecule has 0 aliphatic carbocycles. The zero-order valence-corrected chi connectivity index (χ0v) is 9.04. The van der Waals surface area contributed by atoms with Gasteiger partial charge in [0.05, 0.1) is 18.1 Å². The van der Waals surface area contributed by atoms with Gasteiger partial charge in [0.25, 0.3) is 0 Å². The van der Waals surface area contributed by atoms with Crippen LogP contribution in [0.4, 0.5) is 0 Å². The van der Waals surface area contributed by atoms with E-state index < -0.39 is 19.2 Å². The normalized spacial score (nSPS) is 34.4. The Morgan fingerprint density at radius 3 is 2.75 bits per heavy atom. The van der Waals surface area contributed by atoms with Gasteiger partial charge in [-0.1, -0.05) is 0 Å². The van der Waals surface area contributed by atoms with Crippen LogP contribution in [0.15, 0.2) is 0 Å². The molecule has 0 bridgehead atoms. The Morgan fingerprint density at radius 2 is 2.19 bits per heavy atom. The molecule has 0 aromatic rings. The van der Waals surface area contributed by atoms with Crippen LogP contribution in [-0.4, -0.2) is 64.3 Å². The number of aliphatic hydroxyl groups is 1. The van der Waals surface area contributed by atoms with Crippen LogP contribution in [0.3, 0.4) is 0 Å². The molecule has 0 spiro atoms. The zero-order valence-electron chi connectivity index (χ0n) is 9.04. The van der Waals surface area contributed by atoms with Gasteiger partial charge in [-0.25, -0.2) is 0 Å². The number of amides is 1. The molecule has 2 rings (SSSR count). The summed E-state index contributed by atoms with van der Waals surface area (Å²) in [5.41, 5.74) is 0. The largest absolute Gasteiger partial charge is 0.475 e. The maximum absolute atomic E-state index is 12.0. The van der Waals surface area contributed by atoms with Gasteiger partial charge in [-0.05, 0) is 19.3 Å². The molecule has 3 atom stereocenters. The summed E-state index contributed by atoms with van der Waals surface area (Å²) in [6, 6.07) is -0.380. The highest BCUT2D eigenvalue weighted by atomic mass is 16.4. The number of nitrogens with one attached hydrogen (secondary N) is 1. The molecule has 16 heavy (non-hydrogen) atoms. The molecule has 1 unspecified atom stereocenters. The Morgan fingerprint density at radius 1 is 1.44 bits per heavy atom. The van der Waals surface area contributed by atoms with Gasteiger partial charge in [-0.3, -0.25) is 4.79 Å². The number of hydrogen-bond donors (Lipinski definition) is 4. The zero-order chi connectivity index (χ0) is 11.7. The Labute approximate surface area is 94.4 Å². The summed E-state index contributed by atoms with van der Waals surface area (Å²) < 4.78 is 0. The van der Waals surface area contributed by atoms with Crippen molar-refractivity contribution in [2.75, 3.05) is 13.1 Å². The van der Waals surface area contributed by atoms with E-state index in [1.807, 2.05) is 0 Å². The van der Waals surface area contributed by atoms with Crippen molar-refractivity contribution in [1.82, 2.24) is 10.2 Å². The third kappa shape index (κ3) is 2.22. The lowest BCUT2D eigenvalue weighted by Gasteiger charge is -2.26. The number of carbonyl (C=O) groups is 1. The van der Waals surface area contributed by atoms with Crippen molar-refractivity contribution < 1.29 is 19.9 Å². The van der Waals surface area contributed by atoms with Gasteiger partial charge in [-0.15, -0.1) is 0 Å². The molecule has 1 amide bonds. The van der Waals surface area contributed by atoms with Gasteiger partial charge >= 0.3 is 7.12 Å². The second-order valence-corrected chi connectivity index (χ2v) is 4.51. The summed E-state index contributed by atoms with van der Waals surface area (Å²) >= 11 is 0. The van der Waals surface area contributed by atoms with E-state index in [0.717, 1.165) is 6.42 Å². The van der Waals surface area contributed by atoms with Crippen molar-refractivity contribution in [3.63, 3.8) is 0 Å². The number of aliphatic hydroxyl groups excluding tert-OH is 1. The third-order valence-electron chi connectivity index (χ3n) is 3.33. The number of likely N-dealkylation sites (tertiary alicyclic amines) is 1. The molecule has 0 aromatic heterocycles. The number of carbonyl (C=O) groups excluding carboxylic acids is 1. The summed E-state index contributed by atoms with van der Waals surface area (Å²) in [7, 11) is -1.47. The van der Waals surface area contributed by atoms with Crippen LogP contribution < -0.4 is 5.32 Å². The van der Waals surface area contributed by atoms with Gasteiger partial charge < -0.3 is 25.4 Å². The monoisotopic (exact) mass is 228 g/mol. The molecule has 2 heterocycles. The summed E-state index contributed by atoms with van der Waals surface area (Å²) in [6.45, 7) is 0.992. The van der Waals surface area contributed by atoms with Crippen LogP contribution in [0.5, 0.6) is 0 Å². The smallest absolute Gasteiger partial charge is 0.426 e.